The van der Waals surface area contributed by atoms with Gasteiger partial charge < -0.3 is 5.32 Å². The predicted molar refractivity (Wildman–Crippen MR) is 74.2 cm³/mol. The van der Waals surface area contributed by atoms with Crippen molar-refractivity contribution in [2.75, 3.05) is 0 Å². The molecular formula is C13H13NOS2. The highest BCUT2D eigenvalue weighted by atomic mass is 32.1. The average molecular weight is 263 g/mol. The van der Waals surface area contributed by atoms with E-state index in [1.807, 2.05) is 48.0 Å². The zero-order valence-corrected chi connectivity index (χ0v) is 11.1. The maximum atomic E-state index is 11.7. The molecule has 0 bridgehead atoms. The van der Waals surface area contributed by atoms with Crippen LogP contribution >= 0.6 is 22.7 Å². The van der Waals surface area contributed by atoms with E-state index in [0.717, 1.165) is 4.88 Å². The average Bonchev–Trinajstić information content (AvgIpc) is 2.99. The van der Waals surface area contributed by atoms with Crippen LogP contribution in [0.2, 0.25) is 0 Å². The fourth-order valence-electron chi connectivity index (χ4n) is 1.41. The summed E-state index contributed by atoms with van der Waals surface area (Å²) in [6, 6.07) is 8.03. The zero-order chi connectivity index (χ0) is 12.1. The fraction of sp³-hybridized carbons (Fsp3) is 0.154. The molecule has 0 aliphatic heterocycles. The minimum Gasteiger partial charge on any atom is -0.345 e. The van der Waals surface area contributed by atoms with Crippen LogP contribution in [0.15, 0.2) is 41.1 Å². The third kappa shape index (κ3) is 3.54. The van der Waals surface area contributed by atoms with Crippen molar-refractivity contribution in [3.8, 4) is 0 Å². The van der Waals surface area contributed by atoms with Crippen molar-refractivity contribution in [1.82, 2.24) is 5.32 Å². The van der Waals surface area contributed by atoms with Gasteiger partial charge in [0.25, 0.3) is 0 Å². The van der Waals surface area contributed by atoms with Crippen LogP contribution in [0.1, 0.15) is 22.7 Å². The third-order valence-corrected chi connectivity index (χ3v) is 4.16. The summed E-state index contributed by atoms with van der Waals surface area (Å²) in [7, 11) is 0. The maximum Gasteiger partial charge on any atom is 0.244 e. The summed E-state index contributed by atoms with van der Waals surface area (Å²) < 4.78 is 0. The van der Waals surface area contributed by atoms with E-state index in [1.54, 1.807) is 28.7 Å². The second-order valence-electron chi connectivity index (χ2n) is 3.59. The normalized spacial score (nSPS) is 12.8. The summed E-state index contributed by atoms with van der Waals surface area (Å²) >= 11 is 3.27. The lowest BCUT2D eigenvalue weighted by atomic mass is 10.2. The number of amides is 1. The smallest absolute Gasteiger partial charge is 0.244 e. The van der Waals surface area contributed by atoms with Gasteiger partial charge in [-0.05, 0) is 35.9 Å². The first kappa shape index (κ1) is 12.1. The van der Waals surface area contributed by atoms with Gasteiger partial charge in [0.1, 0.15) is 0 Å². The highest BCUT2D eigenvalue weighted by Crippen LogP contribution is 2.18. The molecule has 88 valence electrons. The monoisotopic (exact) mass is 263 g/mol. The molecule has 0 saturated heterocycles. The summed E-state index contributed by atoms with van der Waals surface area (Å²) in [5.74, 6) is -0.0562. The Morgan fingerprint density at radius 2 is 2.06 bits per heavy atom. The Kier molecular flexibility index (Phi) is 4.12. The lowest BCUT2D eigenvalue weighted by Crippen LogP contribution is -2.23. The predicted octanol–water partition coefficient (Wildman–Crippen LogP) is 3.70. The van der Waals surface area contributed by atoms with Crippen molar-refractivity contribution in [2.45, 2.75) is 13.0 Å². The van der Waals surface area contributed by atoms with Gasteiger partial charge >= 0.3 is 0 Å². The first-order chi connectivity index (χ1) is 8.25. The molecule has 1 atom stereocenters. The van der Waals surface area contributed by atoms with Crippen molar-refractivity contribution < 1.29 is 4.79 Å². The number of carbonyl (C=O) groups excluding carboxylic acids is 1. The van der Waals surface area contributed by atoms with E-state index in [0.29, 0.717) is 0 Å². The lowest BCUT2D eigenvalue weighted by Gasteiger charge is -2.09. The van der Waals surface area contributed by atoms with Crippen molar-refractivity contribution in [3.05, 3.63) is 50.9 Å². The van der Waals surface area contributed by atoms with Gasteiger partial charge in [-0.3, -0.25) is 4.79 Å². The largest absolute Gasteiger partial charge is 0.345 e. The summed E-state index contributed by atoms with van der Waals surface area (Å²) in [6.45, 7) is 1.99. The van der Waals surface area contributed by atoms with Crippen LogP contribution in [-0.4, -0.2) is 5.91 Å². The molecule has 17 heavy (non-hydrogen) atoms. The Morgan fingerprint density at radius 1 is 1.29 bits per heavy atom. The molecule has 2 nitrogen and oxygen atoms in total. The molecule has 1 N–H and O–H groups in total. The molecular weight excluding hydrogens is 250 g/mol. The molecule has 0 radical (unpaired) electrons. The maximum absolute atomic E-state index is 11.7. The second kappa shape index (κ2) is 5.80. The van der Waals surface area contributed by atoms with Crippen LogP contribution in [0.3, 0.4) is 0 Å². The number of thiophene rings is 2. The van der Waals surface area contributed by atoms with Crippen molar-refractivity contribution >= 4 is 34.7 Å². The highest BCUT2D eigenvalue weighted by Gasteiger charge is 2.07. The minimum atomic E-state index is -0.0562. The molecule has 2 aromatic rings. The van der Waals surface area contributed by atoms with E-state index in [1.165, 1.54) is 4.88 Å². The standard InChI is InChI=1S/C13H13NOS2/c1-10(12-5-3-9-17-12)14-13(15)7-6-11-4-2-8-16-11/h2-10H,1H3,(H,14,15). The molecule has 4 heteroatoms. The molecule has 0 aliphatic carbocycles. The molecule has 0 aromatic carbocycles. The molecule has 0 aliphatic rings. The van der Waals surface area contributed by atoms with Gasteiger partial charge in [-0.15, -0.1) is 22.7 Å². The van der Waals surface area contributed by atoms with E-state index in [9.17, 15) is 4.79 Å². The third-order valence-electron chi connectivity index (χ3n) is 2.27. The second-order valence-corrected chi connectivity index (χ2v) is 5.55. The summed E-state index contributed by atoms with van der Waals surface area (Å²) in [6.07, 6.45) is 3.41. The van der Waals surface area contributed by atoms with E-state index >= 15 is 0 Å². The number of hydrogen-bond donors (Lipinski definition) is 1. The molecule has 1 unspecified atom stereocenters. The van der Waals surface area contributed by atoms with E-state index < -0.39 is 0 Å². The van der Waals surface area contributed by atoms with Crippen LogP contribution in [0.5, 0.6) is 0 Å². The summed E-state index contributed by atoms with van der Waals surface area (Å²) in [4.78, 5) is 13.9. The van der Waals surface area contributed by atoms with Gasteiger partial charge in [0.2, 0.25) is 5.91 Å². The van der Waals surface area contributed by atoms with Crippen molar-refractivity contribution in [3.63, 3.8) is 0 Å². The van der Waals surface area contributed by atoms with Gasteiger partial charge in [0.05, 0.1) is 6.04 Å². The van der Waals surface area contributed by atoms with E-state index in [4.69, 9.17) is 0 Å². The molecule has 0 fully saturated rings. The summed E-state index contributed by atoms with van der Waals surface area (Å²) in [5, 5.41) is 6.94. The van der Waals surface area contributed by atoms with Crippen LogP contribution in [-0.2, 0) is 4.79 Å². The number of hydrogen-bond acceptors (Lipinski definition) is 3. The Morgan fingerprint density at radius 3 is 2.71 bits per heavy atom. The number of rotatable bonds is 4. The van der Waals surface area contributed by atoms with Gasteiger partial charge in [-0.25, -0.2) is 0 Å². The zero-order valence-electron chi connectivity index (χ0n) is 9.42. The fourth-order valence-corrected chi connectivity index (χ4v) is 2.77. The molecule has 2 heterocycles. The first-order valence-corrected chi connectivity index (χ1v) is 7.07. The Labute approximate surface area is 109 Å². The molecule has 0 saturated carbocycles. The minimum absolute atomic E-state index is 0.0562. The Hall–Kier alpha value is -1.39. The first-order valence-electron chi connectivity index (χ1n) is 5.31. The highest BCUT2D eigenvalue weighted by molar-refractivity contribution is 7.10. The van der Waals surface area contributed by atoms with Crippen LogP contribution in [0.4, 0.5) is 0 Å². The molecule has 2 aromatic heterocycles. The Balaban J connectivity index is 1.89. The Bertz CT molecular complexity index is 485. The number of carbonyl (C=O) groups is 1. The van der Waals surface area contributed by atoms with Crippen molar-refractivity contribution in [1.29, 1.82) is 0 Å². The lowest BCUT2D eigenvalue weighted by molar-refractivity contribution is -0.117. The number of nitrogens with one attached hydrogen (secondary N) is 1. The quantitative estimate of drug-likeness (QED) is 0.837. The van der Waals surface area contributed by atoms with Crippen LogP contribution < -0.4 is 5.32 Å². The molecule has 1 amide bonds. The van der Waals surface area contributed by atoms with Gasteiger partial charge in [-0.1, -0.05) is 12.1 Å². The van der Waals surface area contributed by atoms with Gasteiger partial charge in [0, 0.05) is 15.8 Å². The van der Waals surface area contributed by atoms with Crippen molar-refractivity contribution in [2.24, 2.45) is 0 Å². The topological polar surface area (TPSA) is 29.1 Å². The van der Waals surface area contributed by atoms with Crippen LogP contribution in [0.25, 0.3) is 6.08 Å². The van der Waals surface area contributed by atoms with Gasteiger partial charge in [-0.2, -0.15) is 0 Å². The van der Waals surface area contributed by atoms with E-state index in [-0.39, 0.29) is 11.9 Å². The SMILES string of the molecule is CC(NC(=O)C=Cc1cccs1)c1cccs1. The molecule has 2 rings (SSSR count). The molecule has 0 spiro atoms. The van der Waals surface area contributed by atoms with E-state index in [2.05, 4.69) is 5.32 Å². The van der Waals surface area contributed by atoms with Crippen LogP contribution in [0, 0.1) is 0 Å². The van der Waals surface area contributed by atoms with Gasteiger partial charge in [0.15, 0.2) is 0 Å². The summed E-state index contributed by atoms with van der Waals surface area (Å²) in [5.41, 5.74) is 0.